The fourth-order valence-electron chi connectivity index (χ4n) is 1.49. The second kappa shape index (κ2) is 5.84. The van der Waals surface area contributed by atoms with Crippen LogP contribution in [0, 0.1) is 0 Å². The molecule has 1 rings (SSSR count). The van der Waals surface area contributed by atoms with E-state index in [4.69, 9.17) is 10.8 Å². The monoisotopic (exact) mass is 228 g/mol. The number of hydrogen-bond acceptors (Lipinski definition) is 3. The maximum absolute atomic E-state index is 11.4. The van der Waals surface area contributed by atoms with Gasteiger partial charge in [0.2, 0.25) is 5.91 Å². The Kier molecular flexibility index (Phi) is 4.73. The largest absolute Gasteiger partial charge is 0.481 e. The lowest BCUT2D eigenvalue weighted by atomic mass is 10.1. The molecule has 0 unspecified atom stereocenters. The molecule has 0 atom stereocenters. The molecule has 1 aliphatic rings. The molecule has 0 radical (unpaired) electrons. The number of nitrogens with two attached hydrogens (primary N) is 1. The molecule has 92 valence electrons. The number of carboxylic acids is 1. The van der Waals surface area contributed by atoms with Crippen LogP contribution in [0.5, 0.6) is 0 Å². The minimum absolute atomic E-state index is 0.0435. The summed E-state index contributed by atoms with van der Waals surface area (Å²) in [6, 6.07) is 0. The standard InChI is InChI=1S/C11H20N2O3/c12-11(6-7-11)10(16)13-8-4-2-1-3-5-9(14)15/h1-8,12H2,(H,13,16)(H,14,15). The summed E-state index contributed by atoms with van der Waals surface area (Å²) in [6.45, 7) is 0.644. The lowest BCUT2D eigenvalue weighted by Gasteiger charge is -2.09. The van der Waals surface area contributed by atoms with Gasteiger partial charge < -0.3 is 16.2 Å². The second-order valence-electron chi connectivity index (χ2n) is 4.47. The number of carboxylic acid groups (broad SMARTS) is 1. The van der Waals surface area contributed by atoms with Crippen LogP contribution in [0.25, 0.3) is 0 Å². The Balaban J connectivity index is 1.88. The minimum Gasteiger partial charge on any atom is -0.481 e. The van der Waals surface area contributed by atoms with Crippen LogP contribution in [0.2, 0.25) is 0 Å². The molecule has 1 fully saturated rings. The van der Waals surface area contributed by atoms with Gasteiger partial charge in [0.1, 0.15) is 0 Å². The van der Waals surface area contributed by atoms with Crippen molar-refractivity contribution in [2.45, 2.75) is 50.5 Å². The van der Waals surface area contributed by atoms with Crippen molar-refractivity contribution >= 4 is 11.9 Å². The van der Waals surface area contributed by atoms with E-state index in [1.54, 1.807) is 0 Å². The number of carbonyl (C=O) groups is 2. The average Bonchev–Trinajstić information content (AvgIpc) is 2.95. The average molecular weight is 228 g/mol. The van der Waals surface area contributed by atoms with Crippen molar-refractivity contribution in [1.82, 2.24) is 5.32 Å². The zero-order valence-corrected chi connectivity index (χ0v) is 9.50. The summed E-state index contributed by atoms with van der Waals surface area (Å²) in [5.41, 5.74) is 5.13. The van der Waals surface area contributed by atoms with Crippen molar-refractivity contribution in [1.29, 1.82) is 0 Å². The van der Waals surface area contributed by atoms with Gasteiger partial charge in [0.05, 0.1) is 5.54 Å². The Morgan fingerprint density at radius 2 is 1.81 bits per heavy atom. The van der Waals surface area contributed by atoms with Crippen LogP contribution in [0.15, 0.2) is 0 Å². The van der Waals surface area contributed by atoms with Crippen LogP contribution < -0.4 is 11.1 Å². The quantitative estimate of drug-likeness (QED) is 0.531. The topological polar surface area (TPSA) is 92.4 Å². The third-order valence-corrected chi connectivity index (χ3v) is 2.84. The van der Waals surface area contributed by atoms with Crippen LogP contribution in [0.1, 0.15) is 44.9 Å². The fraction of sp³-hybridized carbons (Fsp3) is 0.818. The van der Waals surface area contributed by atoms with Gasteiger partial charge in [-0.05, 0) is 25.7 Å². The number of hydrogen-bond donors (Lipinski definition) is 3. The van der Waals surface area contributed by atoms with Gasteiger partial charge in [-0.2, -0.15) is 0 Å². The lowest BCUT2D eigenvalue weighted by Crippen LogP contribution is -2.42. The maximum Gasteiger partial charge on any atom is 0.303 e. The number of aliphatic carboxylic acids is 1. The Labute approximate surface area is 95.4 Å². The van der Waals surface area contributed by atoms with Gasteiger partial charge in [-0.15, -0.1) is 0 Å². The van der Waals surface area contributed by atoms with Crippen molar-refractivity contribution in [3.05, 3.63) is 0 Å². The van der Waals surface area contributed by atoms with E-state index in [0.29, 0.717) is 13.0 Å². The van der Waals surface area contributed by atoms with E-state index in [1.807, 2.05) is 0 Å². The molecule has 0 saturated heterocycles. The second-order valence-corrected chi connectivity index (χ2v) is 4.47. The Morgan fingerprint density at radius 3 is 2.38 bits per heavy atom. The molecule has 5 nitrogen and oxygen atoms in total. The fourth-order valence-corrected chi connectivity index (χ4v) is 1.49. The highest BCUT2D eigenvalue weighted by Crippen LogP contribution is 2.31. The molecular formula is C11H20N2O3. The van der Waals surface area contributed by atoms with Crippen molar-refractivity contribution < 1.29 is 14.7 Å². The Bertz CT molecular complexity index is 262. The zero-order chi connectivity index (χ0) is 12.0. The predicted octanol–water partition coefficient (Wildman–Crippen LogP) is 0.629. The summed E-state index contributed by atoms with van der Waals surface area (Å²) >= 11 is 0. The summed E-state index contributed by atoms with van der Waals surface area (Å²) < 4.78 is 0. The normalized spacial score (nSPS) is 16.8. The third-order valence-electron chi connectivity index (χ3n) is 2.84. The van der Waals surface area contributed by atoms with Crippen LogP contribution in [0.4, 0.5) is 0 Å². The highest BCUT2D eigenvalue weighted by atomic mass is 16.4. The summed E-state index contributed by atoms with van der Waals surface area (Å²) in [6.07, 6.45) is 5.26. The first kappa shape index (κ1) is 13.0. The molecule has 0 heterocycles. The first-order chi connectivity index (χ1) is 7.54. The Morgan fingerprint density at radius 1 is 1.19 bits per heavy atom. The highest BCUT2D eigenvalue weighted by molar-refractivity contribution is 5.88. The van der Waals surface area contributed by atoms with E-state index in [1.165, 1.54) is 0 Å². The van der Waals surface area contributed by atoms with Crippen LogP contribution in [0.3, 0.4) is 0 Å². The number of amides is 1. The smallest absolute Gasteiger partial charge is 0.303 e. The molecule has 1 saturated carbocycles. The van der Waals surface area contributed by atoms with E-state index < -0.39 is 11.5 Å². The number of unbranched alkanes of at least 4 members (excludes halogenated alkanes) is 3. The van der Waals surface area contributed by atoms with Gasteiger partial charge in [0, 0.05) is 13.0 Å². The molecular weight excluding hydrogens is 208 g/mol. The van der Waals surface area contributed by atoms with Crippen molar-refractivity contribution in [3.63, 3.8) is 0 Å². The minimum atomic E-state index is -0.743. The van der Waals surface area contributed by atoms with Gasteiger partial charge in [-0.3, -0.25) is 9.59 Å². The first-order valence-corrected chi connectivity index (χ1v) is 5.83. The van der Waals surface area contributed by atoms with Gasteiger partial charge in [0.15, 0.2) is 0 Å². The van der Waals surface area contributed by atoms with Gasteiger partial charge >= 0.3 is 5.97 Å². The van der Waals surface area contributed by atoms with Gasteiger partial charge in [-0.1, -0.05) is 12.8 Å². The first-order valence-electron chi connectivity index (χ1n) is 5.83. The van der Waals surface area contributed by atoms with Gasteiger partial charge in [-0.25, -0.2) is 0 Å². The zero-order valence-electron chi connectivity index (χ0n) is 9.50. The van der Waals surface area contributed by atoms with E-state index in [2.05, 4.69) is 5.32 Å². The van der Waals surface area contributed by atoms with Crippen LogP contribution >= 0.6 is 0 Å². The molecule has 0 aliphatic heterocycles. The number of nitrogens with one attached hydrogen (secondary N) is 1. The van der Waals surface area contributed by atoms with E-state index >= 15 is 0 Å². The predicted molar refractivity (Wildman–Crippen MR) is 59.9 cm³/mol. The van der Waals surface area contributed by atoms with E-state index in [9.17, 15) is 9.59 Å². The molecule has 0 aromatic heterocycles. The summed E-state index contributed by atoms with van der Waals surface area (Å²) in [7, 11) is 0. The number of rotatable bonds is 8. The molecule has 5 heteroatoms. The number of carbonyl (C=O) groups excluding carboxylic acids is 1. The molecule has 16 heavy (non-hydrogen) atoms. The molecule has 0 aromatic carbocycles. The lowest BCUT2D eigenvalue weighted by molar-refractivity contribution is -0.137. The molecule has 1 aliphatic carbocycles. The van der Waals surface area contributed by atoms with Crippen molar-refractivity contribution in [3.8, 4) is 0 Å². The van der Waals surface area contributed by atoms with E-state index in [-0.39, 0.29) is 12.3 Å². The van der Waals surface area contributed by atoms with Crippen LogP contribution in [-0.4, -0.2) is 29.1 Å². The summed E-state index contributed by atoms with van der Waals surface area (Å²) in [4.78, 5) is 21.6. The third kappa shape index (κ3) is 4.61. The molecule has 0 spiro atoms. The molecule has 4 N–H and O–H groups in total. The van der Waals surface area contributed by atoms with Crippen molar-refractivity contribution in [2.75, 3.05) is 6.54 Å². The van der Waals surface area contributed by atoms with Gasteiger partial charge in [0.25, 0.3) is 0 Å². The molecule has 1 amide bonds. The van der Waals surface area contributed by atoms with Crippen LogP contribution in [-0.2, 0) is 9.59 Å². The van der Waals surface area contributed by atoms with E-state index in [0.717, 1.165) is 32.1 Å². The molecule has 0 aromatic rings. The maximum atomic E-state index is 11.4. The SMILES string of the molecule is NC1(C(=O)NCCCCCCC(=O)O)CC1. The molecule has 0 bridgehead atoms. The highest BCUT2D eigenvalue weighted by Gasteiger charge is 2.45. The Hall–Kier alpha value is -1.10. The summed E-state index contributed by atoms with van der Waals surface area (Å²) in [5.74, 6) is -0.787. The summed E-state index contributed by atoms with van der Waals surface area (Å²) in [5, 5.41) is 11.2. The van der Waals surface area contributed by atoms with Crippen molar-refractivity contribution in [2.24, 2.45) is 5.73 Å².